The average Bonchev–Trinajstić information content (AvgIpc) is 3.49. The van der Waals surface area contributed by atoms with Crippen molar-refractivity contribution in [3.63, 3.8) is 0 Å². The highest BCUT2D eigenvalue weighted by Crippen LogP contribution is 2.39. The molecule has 3 aromatic heterocycles. The monoisotopic (exact) mass is 387 g/mol. The predicted molar refractivity (Wildman–Crippen MR) is 107 cm³/mol. The smallest absolute Gasteiger partial charge is 0.259 e. The number of anilines is 1. The second-order valence-electron chi connectivity index (χ2n) is 7.31. The molecular weight excluding hydrogens is 369 g/mol. The Kier molecular flexibility index (Phi) is 4.08. The quantitative estimate of drug-likeness (QED) is 0.564. The molecule has 1 fully saturated rings. The van der Waals surface area contributed by atoms with E-state index < -0.39 is 5.82 Å². The number of aromatic nitrogens is 4. The van der Waals surface area contributed by atoms with Crippen LogP contribution in [0.2, 0.25) is 0 Å². The molecule has 3 heterocycles. The summed E-state index contributed by atoms with van der Waals surface area (Å²) in [7, 11) is 0. The van der Waals surface area contributed by atoms with Crippen LogP contribution in [0.1, 0.15) is 40.4 Å². The van der Waals surface area contributed by atoms with Crippen molar-refractivity contribution >= 4 is 17.1 Å². The minimum Gasteiger partial charge on any atom is -0.322 e. The molecule has 1 aliphatic carbocycles. The van der Waals surface area contributed by atoms with Gasteiger partial charge in [0.1, 0.15) is 5.82 Å². The summed E-state index contributed by atoms with van der Waals surface area (Å²) in [6, 6.07) is 12.2. The van der Waals surface area contributed by atoms with Gasteiger partial charge >= 0.3 is 0 Å². The van der Waals surface area contributed by atoms with E-state index in [2.05, 4.69) is 20.6 Å². The van der Waals surface area contributed by atoms with Gasteiger partial charge in [0.05, 0.1) is 28.7 Å². The zero-order valence-electron chi connectivity index (χ0n) is 15.8. The Labute approximate surface area is 166 Å². The molecule has 1 N–H and O–H groups in total. The Hall–Kier alpha value is -3.61. The summed E-state index contributed by atoms with van der Waals surface area (Å²) in [5.74, 6) is -0.216. The number of nitrogens with zero attached hydrogens (tertiary/aromatic N) is 4. The number of aryl methyl sites for hydroxylation is 1. The van der Waals surface area contributed by atoms with Gasteiger partial charge in [-0.1, -0.05) is 6.07 Å². The fraction of sp³-hybridized carbons (Fsp3) is 0.182. The number of nitrogens with one attached hydrogen (secondary N) is 1. The molecule has 0 bridgehead atoms. The maximum atomic E-state index is 14.6. The van der Waals surface area contributed by atoms with Gasteiger partial charge in [-0.15, -0.1) is 0 Å². The van der Waals surface area contributed by atoms with Crippen LogP contribution < -0.4 is 5.32 Å². The Bertz CT molecular complexity index is 1230. The Morgan fingerprint density at radius 2 is 2.03 bits per heavy atom. The molecule has 7 heteroatoms. The number of hydrogen-bond acceptors (Lipinski definition) is 4. The van der Waals surface area contributed by atoms with E-state index in [0.717, 1.165) is 18.5 Å². The van der Waals surface area contributed by atoms with Gasteiger partial charge in [0.25, 0.3) is 5.91 Å². The standard InChI is InChI=1S/C22H18FN5O/c1-13-10-17(23)15(19-8-7-18(26-27-19)14-5-6-14)11-20(13)25-22(29)16-12-24-28-9-3-2-4-21(16)28/h2-4,7-12,14H,5-6H2,1H3,(H,25,29). The average molecular weight is 387 g/mol. The van der Waals surface area contributed by atoms with Gasteiger partial charge in [0, 0.05) is 23.4 Å². The van der Waals surface area contributed by atoms with Crippen molar-refractivity contribution in [1.29, 1.82) is 0 Å². The number of halogens is 1. The van der Waals surface area contributed by atoms with Gasteiger partial charge < -0.3 is 5.32 Å². The summed E-state index contributed by atoms with van der Waals surface area (Å²) in [6.07, 6.45) is 5.56. The third-order valence-electron chi connectivity index (χ3n) is 5.19. The van der Waals surface area contributed by atoms with E-state index in [1.54, 1.807) is 29.8 Å². The molecule has 1 aliphatic rings. The van der Waals surface area contributed by atoms with Crippen molar-refractivity contribution < 1.29 is 9.18 Å². The fourth-order valence-electron chi connectivity index (χ4n) is 3.39. The molecule has 144 valence electrons. The van der Waals surface area contributed by atoms with E-state index in [4.69, 9.17) is 0 Å². The predicted octanol–water partition coefficient (Wildman–Crippen LogP) is 4.37. The normalized spacial score (nSPS) is 13.6. The summed E-state index contributed by atoms with van der Waals surface area (Å²) in [4.78, 5) is 12.8. The summed E-state index contributed by atoms with van der Waals surface area (Å²) in [5.41, 5.74) is 3.99. The molecular formula is C22H18FN5O. The van der Waals surface area contributed by atoms with Crippen molar-refractivity contribution in [2.45, 2.75) is 25.7 Å². The summed E-state index contributed by atoms with van der Waals surface area (Å²) >= 11 is 0. The number of benzene rings is 1. The molecule has 1 aromatic carbocycles. The van der Waals surface area contributed by atoms with Crippen LogP contribution in [-0.2, 0) is 0 Å². The van der Waals surface area contributed by atoms with Gasteiger partial charge in [-0.25, -0.2) is 8.91 Å². The van der Waals surface area contributed by atoms with E-state index in [0.29, 0.717) is 39.5 Å². The van der Waals surface area contributed by atoms with E-state index in [1.807, 2.05) is 24.3 Å². The van der Waals surface area contributed by atoms with Gasteiger partial charge in [-0.3, -0.25) is 4.79 Å². The van der Waals surface area contributed by atoms with Crippen LogP contribution >= 0.6 is 0 Å². The molecule has 0 unspecified atom stereocenters. The number of carbonyl (C=O) groups excluding carboxylic acids is 1. The van der Waals surface area contributed by atoms with Crippen molar-refractivity contribution in [1.82, 2.24) is 19.8 Å². The maximum Gasteiger partial charge on any atom is 0.259 e. The highest BCUT2D eigenvalue weighted by Gasteiger charge is 2.25. The third kappa shape index (κ3) is 3.24. The summed E-state index contributed by atoms with van der Waals surface area (Å²) in [5, 5.41) is 15.5. The van der Waals surface area contributed by atoms with Crippen molar-refractivity contribution in [2.24, 2.45) is 0 Å². The Balaban J connectivity index is 1.47. The molecule has 0 saturated heterocycles. The first-order chi connectivity index (χ1) is 14.1. The topological polar surface area (TPSA) is 72.2 Å². The second-order valence-corrected chi connectivity index (χ2v) is 7.31. The van der Waals surface area contributed by atoms with Crippen LogP contribution in [0, 0.1) is 12.7 Å². The molecule has 0 atom stereocenters. The molecule has 0 spiro atoms. The van der Waals surface area contributed by atoms with Crippen LogP contribution in [-0.4, -0.2) is 25.7 Å². The first-order valence-corrected chi connectivity index (χ1v) is 9.48. The van der Waals surface area contributed by atoms with Crippen LogP contribution in [0.3, 0.4) is 0 Å². The molecule has 29 heavy (non-hydrogen) atoms. The first kappa shape index (κ1) is 17.5. The molecule has 5 rings (SSSR count). The number of carbonyl (C=O) groups is 1. The van der Waals surface area contributed by atoms with Crippen molar-refractivity contribution in [2.75, 3.05) is 5.32 Å². The Morgan fingerprint density at radius 3 is 2.79 bits per heavy atom. The van der Waals surface area contributed by atoms with Crippen molar-refractivity contribution in [3.8, 4) is 11.3 Å². The van der Waals surface area contributed by atoms with Gasteiger partial charge in [0.2, 0.25) is 0 Å². The summed E-state index contributed by atoms with van der Waals surface area (Å²) < 4.78 is 16.2. The lowest BCUT2D eigenvalue weighted by molar-refractivity contribution is 0.102. The number of amides is 1. The SMILES string of the molecule is Cc1cc(F)c(-c2ccc(C3CC3)nn2)cc1NC(=O)c1cnn2ccccc12. The molecule has 1 saturated carbocycles. The lowest BCUT2D eigenvalue weighted by atomic mass is 10.1. The van der Waals surface area contributed by atoms with E-state index in [-0.39, 0.29) is 5.91 Å². The molecule has 0 aliphatic heterocycles. The minimum absolute atomic E-state index is 0.304. The van der Waals surface area contributed by atoms with Crippen LogP contribution in [0.5, 0.6) is 0 Å². The molecule has 6 nitrogen and oxygen atoms in total. The lowest BCUT2D eigenvalue weighted by Crippen LogP contribution is -2.13. The van der Waals surface area contributed by atoms with Gasteiger partial charge in [-0.2, -0.15) is 15.3 Å². The number of hydrogen-bond donors (Lipinski definition) is 1. The molecule has 4 aromatic rings. The second kappa shape index (κ2) is 6.77. The number of fused-ring (bicyclic) bond motifs is 1. The fourth-order valence-corrected chi connectivity index (χ4v) is 3.39. The van der Waals surface area contributed by atoms with E-state index >= 15 is 0 Å². The minimum atomic E-state index is -0.398. The summed E-state index contributed by atoms with van der Waals surface area (Å²) in [6.45, 7) is 1.75. The van der Waals surface area contributed by atoms with Crippen LogP contribution in [0.25, 0.3) is 16.8 Å². The Morgan fingerprint density at radius 1 is 1.17 bits per heavy atom. The van der Waals surface area contributed by atoms with E-state index in [9.17, 15) is 9.18 Å². The van der Waals surface area contributed by atoms with Crippen molar-refractivity contribution in [3.05, 3.63) is 77.5 Å². The molecule has 0 radical (unpaired) electrons. The zero-order chi connectivity index (χ0) is 20.0. The largest absolute Gasteiger partial charge is 0.322 e. The highest BCUT2D eigenvalue weighted by atomic mass is 19.1. The maximum absolute atomic E-state index is 14.6. The van der Waals surface area contributed by atoms with Crippen LogP contribution in [0.15, 0.2) is 54.9 Å². The first-order valence-electron chi connectivity index (χ1n) is 9.48. The highest BCUT2D eigenvalue weighted by molar-refractivity contribution is 6.09. The third-order valence-corrected chi connectivity index (χ3v) is 5.19. The van der Waals surface area contributed by atoms with Gasteiger partial charge in [-0.05, 0) is 61.7 Å². The van der Waals surface area contributed by atoms with Crippen LogP contribution in [0.4, 0.5) is 10.1 Å². The molecule has 1 amide bonds. The number of rotatable bonds is 4. The zero-order valence-corrected chi connectivity index (χ0v) is 15.8. The van der Waals surface area contributed by atoms with E-state index in [1.165, 1.54) is 12.3 Å². The lowest BCUT2D eigenvalue weighted by Gasteiger charge is -2.11. The number of pyridine rings is 1. The van der Waals surface area contributed by atoms with Gasteiger partial charge in [0.15, 0.2) is 0 Å².